The number of benzene rings is 2. The van der Waals surface area contributed by atoms with Gasteiger partial charge in [0.1, 0.15) is 18.3 Å². The Morgan fingerprint density at radius 3 is 2.54 bits per heavy atom. The molecule has 0 bridgehead atoms. The molecular weight excluding hydrogens is 311 g/mol. The highest BCUT2D eigenvalue weighted by Crippen LogP contribution is 2.31. The van der Waals surface area contributed by atoms with Crippen LogP contribution in [0, 0.1) is 5.82 Å². The number of rotatable bonds is 4. The number of fused-ring (bicyclic) bond motifs is 1. The van der Waals surface area contributed by atoms with Gasteiger partial charge in [0.2, 0.25) is 0 Å². The molecule has 1 heterocycles. The maximum absolute atomic E-state index is 13.1. The molecule has 24 heavy (non-hydrogen) atoms. The van der Waals surface area contributed by atoms with Crippen LogP contribution in [-0.4, -0.2) is 36.3 Å². The minimum absolute atomic E-state index is 0.0698. The molecule has 5 nitrogen and oxygen atoms in total. The molecule has 1 aliphatic heterocycles. The van der Waals surface area contributed by atoms with E-state index in [1.807, 2.05) is 0 Å². The van der Waals surface area contributed by atoms with Crippen LogP contribution in [0.3, 0.4) is 0 Å². The highest BCUT2D eigenvalue weighted by Gasteiger charge is 2.40. The average molecular weight is 327 g/mol. The van der Waals surface area contributed by atoms with E-state index < -0.39 is 23.5 Å². The van der Waals surface area contributed by atoms with Crippen molar-refractivity contribution < 1.29 is 24.1 Å². The fraction of sp³-hybridized carbons (Fsp3) is 0.167. The summed E-state index contributed by atoms with van der Waals surface area (Å²) >= 11 is 0. The summed E-state index contributed by atoms with van der Waals surface area (Å²) in [6, 6.07) is 12.1. The number of anilines is 1. The van der Waals surface area contributed by atoms with Gasteiger partial charge in [-0.2, -0.15) is 0 Å². The average Bonchev–Trinajstić information content (AvgIpc) is 2.60. The first-order chi connectivity index (χ1) is 11.6. The van der Waals surface area contributed by atoms with E-state index >= 15 is 0 Å². The Kier molecular flexibility index (Phi) is 4.48. The molecule has 3 rings (SSSR count). The van der Waals surface area contributed by atoms with Crippen molar-refractivity contribution in [2.45, 2.75) is 5.92 Å². The Hall–Kier alpha value is -2.86. The van der Waals surface area contributed by atoms with Gasteiger partial charge in [-0.1, -0.05) is 18.2 Å². The first kappa shape index (κ1) is 16.0. The van der Waals surface area contributed by atoms with Gasteiger partial charge in [0.05, 0.1) is 5.69 Å². The van der Waals surface area contributed by atoms with Gasteiger partial charge in [0.15, 0.2) is 12.8 Å². The molecule has 2 aromatic carbocycles. The number of carbonyl (C=O) groups is 2. The maximum atomic E-state index is 13.1. The van der Waals surface area contributed by atoms with Crippen molar-refractivity contribution in [2.75, 3.05) is 18.1 Å². The van der Waals surface area contributed by atoms with Crippen LogP contribution in [0.25, 0.3) is 0 Å². The number of hydrogen-bond acceptors (Lipinski definition) is 3. The van der Waals surface area contributed by atoms with Crippen LogP contribution in [0.4, 0.5) is 10.1 Å². The molecule has 0 saturated heterocycles. The molecule has 1 atom stereocenters. The molecule has 2 aromatic rings. The molecule has 1 aliphatic rings. The highest BCUT2D eigenvalue weighted by atomic mass is 19.1. The number of imide groups is 1. The van der Waals surface area contributed by atoms with Crippen molar-refractivity contribution in [1.82, 2.24) is 0 Å². The third kappa shape index (κ3) is 2.83. The van der Waals surface area contributed by atoms with Gasteiger partial charge in [-0.25, -0.2) is 14.3 Å². The molecule has 0 fully saturated rings. The van der Waals surface area contributed by atoms with Crippen molar-refractivity contribution in [3.63, 3.8) is 0 Å². The standard InChI is InChI=1S/C18H15FN2O3/c19-12-5-7-13(8-6-12)21-17(23)15-4-2-1-3-14(15)16(18(21)24)11-20-9-10-22/h1-8,11,16,22H,9-10H2/p+1. The maximum Gasteiger partial charge on any atom is 0.265 e. The Bertz CT molecular complexity index is 802. The zero-order valence-electron chi connectivity index (χ0n) is 12.8. The molecule has 0 spiro atoms. The normalized spacial score (nSPS) is 17.4. The molecular formula is C18H16FN2O3+. The SMILES string of the molecule is O=C1c2ccccc2C(C=[NH+]CCO)C(=O)N1c1ccc(F)cc1. The molecule has 2 N–H and O–H groups in total. The highest BCUT2D eigenvalue weighted by molar-refractivity contribution is 6.29. The summed E-state index contributed by atoms with van der Waals surface area (Å²) in [5, 5.41) is 8.89. The van der Waals surface area contributed by atoms with E-state index in [2.05, 4.69) is 4.99 Å². The number of carbonyl (C=O) groups excluding carboxylic acids is 2. The van der Waals surface area contributed by atoms with Crippen LogP contribution in [0.5, 0.6) is 0 Å². The van der Waals surface area contributed by atoms with Crippen LogP contribution >= 0.6 is 0 Å². The lowest BCUT2D eigenvalue weighted by Crippen LogP contribution is -2.71. The van der Waals surface area contributed by atoms with Gasteiger partial charge in [-0.3, -0.25) is 9.59 Å². The lowest BCUT2D eigenvalue weighted by atomic mass is 9.89. The smallest absolute Gasteiger partial charge is 0.265 e. The first-order valence-electron chi connectivity index (χ1n) is 7.54. The topological polar surface area (TPSA) is 71.6 Å². The summed E-state index contributed by atoms with van der Waals surface area (Å²) in [5.41, 5.74) is 1.35. The number of nitrogens with zero attached hydrogens (tertiary/aromatic N) is 1. The predicted molar refractivity (Wildman–Crippen MR) is 86.4 cm³/mol. The third-order valence-electron chi connectivity index (χ3n) is 3.84. The van der Waals surface area contributed by atoms with E-state index in [1.54, 1.807) is 30.5 Å². The molecule has 122 valence electrons. The summed E-state index contributed by atoms with van der Waals surface area (Å²) in [6.45, 7) is 0.232. The fourth-order valence-electron chi connectivity index (χ4n) is 2.72. The van der Waals surface area contributed by atoms with Gasteiger partial charge >= 0.3 is 0 Å². The minimum atomic E-state index is -0.671. The minimum Gasteiger partial charge on any atom is -0.390 e. The second-order valence-corrected chi connectivity index (χ2v) is 5.36. The van der Waals surface area contributed by atoms with Crippen molar-refractivity contribution in [1.29, 1.82) is 0 Å². The van der Waals surface area contributed by atoms with E-state index in [4.69, 9.17) is 5.11 Å². The lowest BCUT2D eigenvalue weighted by Gasteiger charge is -2.29. The van der Waals surface area contributed by atoms with Crippen molar-refractivity contribution >= 4 is 23.7 Å². The molecule has 2 amide bonds. The summed E-state index contributed by atoms with van der Waals surface area (Å²) in [6.07, 6.45) is 1.57. The Balaban J connectivity index is 2.07. The van der Waals surface area contributed by atoms with Crippen molar-refractivity contribution in [3.8, 4) is 0 Å². The van der Waals surface area contributed by atoms with Crippen LogP contribution in [0.2, 0.25) is 0 Å². The van der Waals surface area contributed by atoms with E-state index in [-0.39, 0.29) is 6.61 Å². The number of nitrogens with one attached hydrogen (secondary N) is 1. The van der Waals surface area contributed by atoms with Crippen LogP contribution in [-0.2, 0) is 4.79 Å². The van der Waals surface area contributed by atoms with Crippen LogP contribution in [0.1, 0.15) is 21.8 Å². The molecule has 1 unspecified atom stereocenters. The number of hydrogen-bond donors (Lipinski definition) is 2. The largest absolute Gasteiger partial charge is 0.390 e. The van der Waals surface area contributed by atoms with E-state index in [9.17, 15) is 14.0 Å². The van der Waals surface area contributed by atoms with Crippen LogP contribution < -0.4 is 9.89 Å². The summed E-state index contributed by atoms with van der Waals surface area (Å²) in [7, 11) is 0. The second kappa shape index (κ2) is 6.72. The molecule has 0 aliphatic carbocycles. The summed E-state index contributed by atoms with van der Waals surface area (Å²) in [5.74, 6) is -1.97. The number of aliphatic hydroxyl groups excluding tert-OH is 1. The van der Waals surface area contributed by atoms with Gasteiger partial charge in [-0.15, -0.1) is 0 Å². The Morgan fingerprint density at radius 2 is 1.83 bits per heavy atom. The zero-order chi connectivity index (χ0) is 17.1. The van der Waals surface area contributed by atoms with E-state index in [1.165, 1.54) is 24.3 Å². The number of aliphatic hydroxyl groups is 1. The molecule has 0 radical (unpaired) electrons. The Morgan fingerprint density at radius 1 is 1.12 bits per heavy atom. The van der Waals surface area contributed by atoms with Gasteiger partial charge in [0.25, 0.3) is 11.8 Å². The molecule has 0 aromatic heterocycles. The second-order valence-electron chi connectivity index (χ2n) is 5.36. The van der Waals surface area contributed by atoms with Gasteiger partial charge < -0.3 is 5.11 Å². The summed E-state index contributed by atoms with van der Waals surface area (Å²) < 4.78 is 13.1. The van der Waals surface area contributed by atoms with Crippen molar-refractivity contribution in [2.24, 2.45) is 0 Å². The molecule has 6 heteroatoms. The van der Waals surface area contributed by atoms with E-state index in [0.717, 1.165) is 4.90 Å². The summed E-state index contributed by atoms with van der Waals surface area (Å²) in [4.78, 5) is 29.5. The fourth-order valence-corrected chi connectivity index (χ4v) is 2.72. The third-order valence-corrected chi connectivity index (χ3v) is 3.84. The van der Waals surface area contributed by atoms with E-state index in [0.29, 0.717) is 23.4 Å². The predicted octanol–water partition coefficient (Wildman–Crippen LogP) is 0.240. The molecule has 0 saturated carbocycles. The Labute approximate surface area is 138 Å². The van der Waals surface area contributed by atoms with Crippen molar-refractivity contribution in [3.05, 3.63) is 65.5 Å². The first-order valence-corrected chi connectivity index (χ1v) is 7.54. The number of halogens is 1. The monoisotopic (exact) mass is 327 g/mol. The van der Waals surface area contributed by atoms with Gasteiger partial charge in [0, 0.05) is 5.56 Å². The zero-order valence-corrected chi connectivity index (χ0v) is 12.8. The lowest BCUT2D eigenvalue weighted by molar-refractivity contribution is -0.456. The van der Waals surface area contributed by atoms with Gasteiger partial charge in [-0.05, 0) is 35.9 Å². The quantitative estimate of drug-likeness (QED) is 0.624. The number of amides is 2. The van der Waals surface area contributed by atoms with Crippen LogP contribution in [0.15, 0.2) is 48.5 Å².